The molecule has 0 nitrogen and oxygen atoms in total. The van der Waals surface area contributed by atoms with Gasteiger partial charge in [-0.2, -0.15) is 47.5 Å². The number of benzene rings is 4. The minimum Gasteiger partial charge on any atom is -0.206 e. The van der Waals surface area contributed by atoms with Gasteiger partial charge in [0.2, 0.25) is 0 Å². The van der Waals surface area contributed by atoms with Gasteiger partial charge in [-0.05, 0) is 21.5 Å². The molecule has 6 aromatic rings. The monoisotopic (exact) mass is 736 g/mol. The molecule has 0 N–H and O–H groups in total. The van der Waals surface area contributed by atoms with Crippen molar-refractivity contribution in [3.63, 3.8) is 0 Å². The third-order valence-electron chi connectivity index (χ3n) is 5.90. The van der Waals surface area contributed by atoms with Crippen molar-refractivity contribution in [3.05, 3.63) is 133 Å². The van der Waals surface area contributed by atoms with Crippen molar-refractivity contribution in [2.24, 2.45) is 0 Å². The summed E-state index contributed by atoms with van der Waals surface area (Å²) < 4.78 is 0. The predicted molar refractivity (Wildman–Crippen MR) is 159 cm³/mol. The van der Waals surface area contributed by atoms with Crippen LogP contribution in [0.1, 0.15) is 0 Å². The van der Waals surface area contributed by atoms with Crippen LogP contribution in [-0.2, 0) is 16.0 Å². The molecule has 0 aliphatic carbocycles. The molecule has 0 amide bonds. The minimum absolute atomic E-state index is 0.719. The van der Waals surface area contributed by atoms with E-state index in [2.05, 4.69) is 145 Å². The van der Waals surface area contributed by atoms with Crippen molar-refractivity contribution in [1.82, 2.24) is 0 Å². The van der Waals surface area contributed by atoms with Gasteiger partial charge in [0.25, 0.3) is 0 Å². The van der Waals surface area contributed by atoms with Crippen molar-refractivity contribution < 1.29 is 16.0 Å². The summed E-state index contributed by atoms with van der Waals surface area (Å²) in [5.41, 5.74) is 5.23. The standard InChI is InChI=1S/2C15H11.C2H6Ge.2ClH.Hf/c2*1-2-7-12(6-1)15-11-5-9-13-8-3-4-10-14(13)15;1-3-2;;;/h2*1-11H;1-2H3;2*1H;/q2*-1;;;;+2/p-2. The molecule has 0 aromatic heterocycles. The first kappa shape index (κ1) is 27.1. The van der Waals surface area contributed by atoms with Gasteiger partial charge in [-0.25, -0.2) is 12.1 Å². The Bertz CT molecular complexity index is 1430. The Labute approximate surface area is 230 Å². The second-order valence-electron chi connectivity index (χ2n) is 8.66. The van der Waals surface area contributed by atoms with Crippen LogP contribution in [0.15, 0.2) is 133 Å². The van der Waals surface area contributed by atoms with Crippen molar-refractivity contribution >= 4 is 48.8 Å². The second kappa shape index (κ2) is 13.6. The second-order valence-corrected chi connectivity index (χ2v) is 60.6. The van der Waals surface area contributed by atoms with Crippen LogP contribution in [0, 0.1) is 0 Å². The van der Waals surface area contributed by atoms with E-state index in [-0.39, 0.29) is 0 Å². The molecule has 0 heterocycles. The molecule has 0 aliphatic rings. The van der Waals surface area contributed by atoms with Crippen molar-refractivity contribution in [3.8, 4) is 22.3 Å². The van der Waals surface area contributed by atoms with E-state index in [4.69, 9.17) is 17.2 Å². The van der Waals surface area contributed by atoms with Crippen LogP contribution in [0.2, 0.25) is 11.5 Å². The maximum atomic E-state index is 5.67. The van der Waals surface area contributed by atoms with Crippen molar-refractivity contribution in [2.75, 3.05) is 0 Å². The van der Waals surface area contributed by atoms with Crippen LogP contribution in [0.3, 0.4) is 0 Å². The van der Waals surface area contributed by atoms with Crippen LogP contribution in [-0.4, -0.2) is 10.1 Å². The van der Waals surface area contributed by atoms with Gasteiger partial charge in [0.1, 0.15) is 0 Å². The first-order valence-corrected chi connectivity index (χ1v) is 35.4. The summed E-state index contributed by atoms with van der Waals surface area (Å²) in [5, 5.41) is 5.25. The molecular weight excluding hydrogens is 706 g/mol. The summed E-state index contributed by atoms with van der Waals surface area (Å²) >= 11 is -1.72. The van der Waals surface area contributed by atoms with E-state index in [9.17, 15) is 0 Å². The molecule has 0 atom stereocenters. The van der Waals surface area contributed by atoms with Gasteiger partial charge in [-0.1, -0.05) is 96.1 Å². The van der Waals surface area contributed by atoms with Crippen LogP contribution < -0.4 is 0 Å². The van der Waals surface area contributed by atoms with Crippen LogP contribution in [0.5, 0.6) is 0 Å². The number of halogens is 2. The van der Waals surface area contributed by atoms with Crippen molar-refractivity contribution in [1.29, 1.82) is 0 Å². The van der Waals surface area contributed by atoms with Crippen LogP contribution in [0.25, 0.3) is 43.8 Å². The SMILES string of the molecule is [CH3][Ge]([CH3])=[Hf]([Cl])[Cl].c1ccc2c(-c3cc[cH-]c3)cccc2c1.c1ccc2c(-c3cc[cH-]c3)cccc2c1. The molecule has 0 unspecified atom stereocenters. The molecule has 36 heavy (non-hydrogen) atoms. The summed E-state index contributed by atoms with van der Waals surface area (Å²) in [6, 6.07) is 46.8. The zero-order valence-corrected chi connectivity index (χ0v) is 27.7. The Kier molecular flexibility index (Phi) is 10.2. The van der Waals surface area contributed by atoms with E-state index in [1.165, 1.54) is 43.8 Å². The molecule has 0 radical (unpaired) electrons. The Hall–Kier alpha value is -1.91. The van der Waals surface area contributed by atoms with E-state index in [0.29, 0.717) is 0 Å². The number of fused-ring (bicyclic) bond motifs is 2. The normalized spacial score (nSPS) is 10.2. The molecule has 0 aliphatic heterocycles. The predicted octanol–water partition coefficient (Wildman–Crippen LogP) is 10.6. The Morgan fingerprint density at radius 3 is 1.31 bits per heavy atom. The van der Waals surface area contributed by atoms with Gasteiger partial charge in [0, 0.05) is 0 Å². The van der Waals surface area contributed by atoms with Crippen molar-refractivity contribution in [2.45, 2.75) is 11.5 Å². The molecule has 0 saturated heterocycles. The van der Waals surface area contributed by atoms with E-state index < -0.39 is 26.0 Å². The fourth-order valence-electron chi connectivity index (χ4n) is 4.06. The van der Waals surface area contributed by atoms with Gasteiger partial charge in [0.05, 0.1) is 0 Å². The molecule has 180 valence electrons. The summed E-state index contributed by atoms with van der Waals surface area (Å²) in [5.74, 6) is 4.48. The summed E-state index contributed by atoms with van der Waals surface area (Å²) in [7, 11) is 10.6. The summed E-state index contributed by atoms with van der Waals surface area (Å²) in [6.45, 7) is 0. The van der Waals surface area contributed by atoms with Gasteiger partial charge in [0.15, 0.2) is 0 Å². The molecule has 4 heteroatoms. The largest absolute Gasteiger partial charge is 0.206 e. The first-order valence-electron chi connectivity index (χ1n) is 11.9. The topological polar surface area (TPSA) is 0 Å². The maximum absolute atomic E-state index is 5.67. The van der Waals surface area contributed by atoms with E-state index in [1.54, 1.807) is 0 Å². The zero-order valence-electron chi connectivity index (χ0n) is 20.5. The third kappa shape index (κ3) is 7.10. The Morgan fingerprint density at radius 1 is 0.556 bits per heavy atom. The molecule has 6 rings (SSSR count). The van der Waals surface area contributed by atoms with Crippen LogP contribution in [0.4, 0.5) is 0 Å². The zero-order chi connectivity index (χ0) is 25.3. The third-order valence-corrected chi connectivity index (χ3v) is 53.8. The van der Waals surface area contributed by atoms with Crippen LogP contribution >= 0.6 is 17.2 Å². The molecule has 0 bridgehead atoms. The van der Waals surface area contributed by atoms with Gasteiger partial charge in [-0.3, -0.25) is 0 Å². The molecule has 0 fully saturated rings. The van der Waals surface area contributed by atoms with E-state index >= 15 is 0 Å². The smallest absolute Gasteiger partial charge is 0.0189 e. The number of hydrogen-bond donors (Lipinski definition) is 0. The fourth-order valence-corrected chi connectivity index (χ4v) is 4.06. The average molecular weight is 735 g/mol. The quantitative estimate of drug-likeness (QED) is 0.123. The van der Waals surface area contributed by atoms with E-state index in [0.717, 1.165) is 0 Å². The molecule has 6 aromatic carbocycles. The number of rotatable bonds is 2. The summed E-state index contributed by atoms with van der Waals surface area (Å²) in [4.78, 5) is 0. The summed E-state index contributed by atoms with van der Waals surface area (Å²) in [6.07, 6.45) is 0. The Morgan fingerprint density at radius 2 is 0.944 bits per heavy atom. The minimum atomic E-state index is -1.72. The van der Waals surface area contributed by atoms with Gasteiger partial charge >= 0.3 is 54.7 Å². The molecule has 0 saturated carbocycles. The van der Waals surface area contributed by atoms with Gasteiger partial charge < -0.3 is 0 Å². The molecular formula is C32H28Cl2GeHf-2. The van der Waals surface area contributed by atoms with Gasteiger partial charge in [-0.15, -0.1) is 0 Å². The fraction of sp³-hybridized carbons (Fsp3) is 0.0625. The average Bonchev–Trinajstić information content (AvgIpc) is 3.64. The molecule has 0 spiro atoms. The number of hydrogen-bond acceptors (Lipinski definition) is 0. The maximum Gasteiger partial charge on any atom is -0.0189 e. The van der Waals surface area contributed by atoms with E-state index in [1.807, 2.05) is 0 Å². The Balaban J connectivity index is 0.000000139. The first-order chi connectivity index (χ1) is 17.5.